The summed E-state index contributed by atoms with van der Waals surface area (Å²) in [7, 11) is 0. The Morgan fingerprint density at radius 3 is 2.39 bits per heavy atom. The van der Waals surface area contributed by atoms with Gasteiger partial charge in [-0.1, -0.05) is 35.1 Å². The molecule has 0 radical (unpaired) electrons. The third-order valence-corrected chi connectivity index (χ3v) is 2.75. The summed E-state index contributed by atoms with van der Waals surface area (Å²) in [6, 6.07) is 3.66. The van der Waals surface area contributed by atoms with Gasteiger partial charge in [0.05, 0.1) is 0 Å². The van der Waals surface area contributed by atoms with Gasteiger partial charge in [0.2, 0.25) is 0 Å². The standard InChI is InChI=1S/C13H17N3O.CH4/c1-8(2)12(17)10-5-6-11-14-15-13(9(3)4)16(11)7-10;/h5-9H,1-4H3;1H4. The zero-order chi connectivity index (χ0) is 12.6. The average Bonchev–Trinajstić information content (AvgIpc) is 2.70. The first-order valence-corrected chi connectivity index (χ1v) is 5.89. The van der Waals surface area contributed by atoms with Gasteiger partial charge in [-0.3, -0.25) is 9.20 Å². The van der Waals surface area contributed by atoms with E-state index < -0.39 is 0 Å². The van der Waals surface area contributed by atoms with Crippen molar-refractivity contribution in [1.82, 2.24) is 14.6 Å². The lowest BCUT2D eigenvalue weighted by atomic mass is 10.0. The van der Waals surface area contributed by atoms with Crippen molar-refractivity contribution in [1.29, 1.82) is 0 Å². The lowest BCUT2D eigenvalue weighted by Crippen LogP contribution is -2.09. The van der Waals surface area contributed by atoms with Crippen LogP contribution in [0.2, 0.25) is 0 Å². The van der Waals surface area contributed by atoms with Crippen molar-refractivity contribution in [3.05, 3.63) is 29.7 Å². The number of ketones is 1. The van der Waals surface area contributed by atoms with Crippen LogP contribution < -0.4 is 0 Å². The van der Waals surface area contributed by atoms with E-state index in [9.17, 15) is 4.79 Å². The fourth-order valence-corrected chi connectivity index (χ4v) is 1.78. The SMILES string of the molecule is C.CC(C)C(=O)c1ccc2nnc(C(C)C)n2c1. The van der Waals surface area contributed by atoms with E-state index in [4.69, 9.17) is 0 Å². The molecule has 18 heavy (non-hydrogen) atoms. The van der Waals surface area contributed by atoms with Gasteiger partial charge < -0.3 is 0 Å². The largest absolute Gasteiger partial charge is 0.294 e. The predicted octanol–water partition coefficient (Wildman–Crippen LogP) is 3.33. The molecule has 0 aromatic carbocycles. The minimum atomic E-state index is 0. The molecular weight excluding hydrogens is 226 g/mol. The quantitative estimate of drug-likeness (QED) is 0.782. The number of hydrogen-bond donors (Lipinski definition) is 0. The third kappa shape index (κ3) is 2.42. The van der Waals surface area contributed by atoms with Gasteiger partial charge in [-0.15, -0.1) is 10.2 Å². The highest BCUT2D eigenvalue weighted by molar-refractivity contribution is 5.97. The first-order chi connectivity index (χ1) is 8.00. The van der Waals surface area contributed by atoms with E-state index in [1.54, 1.807) is 0 Å². The van der Waals surface area contributed by atoms with Gasteiger partial charge >= 0.3 is 0 Å². The Balaban J connectivity index is 0.00000162. The summed E-state index contributed by atoms with van der Waals surface area (Å²) in [5, 5.41) is 8.23. The van der Waals surface area contributed by atoms with Crippen LogP contribution in [0, 0.1) is 5.92 Å². The van der Waals surface area contributed by atoms with E-state index in [0.717, 1.165) is 11.5 Å². The molecule has 2 heterocycles. The molecule has 0 aliphatic heterocycles. The van der Waals surface area contributed by atoms with E-state index in [1.807, 2.05) is 36.6 Å². The second kappa shape index (κ2) is 5.29. The molecule has 0 aliphatic carbocycles. The van der Waals surface area contributed by atoms with Crippen molar-refractivity contribution in [2.24, 2.45) is 5.92 Å². The zero-order valence-corrected chi connectivity index (χ0v) is 10.6. The molecule has 0 bridgehead atoms. The van der Waals surface area contributed by atoms with Crippen molar-refractivity contribution in [2.45, 2.75) is 41.0 Å². The molecule has 0 saturated carbocycles. The van der Waals surface area contributed by atoms with E-state index in [-0.39, 0.29) is 25.0 Å². The van der Waals surface area contributed by atoms with E-state index in [1.165, 1.54) is 0 Å². The predicted molar refractivity (Wildman–Crippen MR) is 73.0 cm³/mol. The summed E-state index contributed by atoms with van der Waals surface area (Å²) >= 11 is 0. The molecule has 2 aromatic heterocycles. The Morgan fingerprint density at radius 1 is 1.17 bits per heavy atom. The Bertz CT molecular complexity index is 555. The number of carbonyl (C=O) groups excluding carboxylic acids is 1. The minimum absolute atomic E-state index is 0. The second-order valence-corrected chi connectivity index (χ2v) is 4.88. The Morgan fingerprint density at radius 2 is 1.83 bits per heavy atom. The van der Waals surface area contributed by atoms with Crippen molar-refractivity contribution in [2.75, 3.05) is 0 Å². The smallest absolute Gasteiger partial charge is 0.166 e. The second-order valence-electron chi connectivity index (χ2n) is 4.88. The molecule has 0 fully saturated rings. The maximum absolute atomic E-state index is 11.9. The van der Waals surface area contributed by atoms with Crippen LogP contribution in [0.1, 0.15) is 57.2 Å². The maximum atomic E-state index is 11.9. The van der Waals surface area contributed by atoms with Gasteiger partial charge in [0.15, 0.2) is 11.4 Å². The summed E-state index contributed by atoms with van der Waals surface area (Å²) < 4.78 is 1.90. The zero-order valence-electron chi connectivity index (χ0n) is 10.6. The van der Waals surface area contributed by atoms with Crippen LogP contribution in [-0.2, 0) is 0 Å². The molecule has 0 N–H and O–H groups in total. The van der Waals surface area contributed by atoms with Crippen molar-refractivity contribution in [3.63, 3.8) is 0 Å². The van der Waals surface area contributed by atoms with Gasteiger partial charge in [-0.05, 0) is 12.1 Å². The third-order valence-electron chi connectivity index (χ3n) is 2.75. The number of pyridine rings is 1. The molecule has 2 aromatic rings. The molecule has 0 unspecified atom stereocenters. The van der Waals surface area contributed by atoms with Crippen LogP contribution in [0.25, 0.3) is 5.65 Å². The molecular formula is C14H21N3O. The van der Waals surface area contributed by atoms with Crippen LogP contribution in [0.4, 0.5) is 0 Å². The Kier molecular flexibility index (Phi) is 4.22. The number of Topliss-reactive ketones (excluding diaryl/α,β-unsaturated/α-hetero) is 1. The summed E-state index contributed by atoms with van der Waals surface area (Å²) in [4.78, 5) is 11.9. The molecule has 98 valence electrons. The van der Waals surface area contributed by atoms with Crippen LogP contribution >= 0.6 is 0 Å². The van der Waals surface area contributed by atoms with Crippen LogP contribution in [-0.4, -0.2) is 20.4 Å². The van der Waals surface area contributed by atoms with Crippen molar-refractivity contribution >= 4 is 11.4 Å². The summed E-state index contributed by atoms with van der Waals surface area (Å²) in [6.45, 7) is 7.94. The summed E-state index contributed by atoms with van der Waals surface area (Å²) in [6.07, 6.45) is 1.84. The van der Waals surface area contributed by atoms with Crippen molar-refractivity contribution < 1.29 is 4.79 Å². The molecule has 0 atom stereocenters. The molecule has 0 saturated heterocycles. The highest BCUT2D eigenvalue weighted by Crippen LogP contribution is 2.16. The highest BCUT2D eigenvalue weighted by Gasteiger charge is 2.14. The van der Waals surface area contributed by atoms with Gasteiger partial charge in [0, 0.05) is 23.6 Å². The Hall–Kier alpha value is -1.71. The molecule has 0 amide bonds. The Labute approximate surface area is 108 Å². The average molecular weight is 247 g/mol. The first kappa shape index (κ1) is 14.4. The summed E-state index contributed by atoms with van der Waals surface area (Å²) in [5.74, 6) is 1.33. The number of hydrogen-bond acceptors (Lipinski definition) is 3. The molecule has 0 spiro atoms. The number of carbonyl (C=O) groups is 1. The number of aromatic nitrogens is 3. The van der Waals surface area contributed by atoms with Crippen LogP contribution in [0.3, 0.4) is 0 Å². The maximum Gasteiger partial charge on any atom is 0.166 e. The fourth-order valence-electron chi connectivity index (χ4n) is 1.78. The topological polar surface area (TPSA) is 47.3 Å². The highest BCUT2D eigenvalue weighted by atomic mass is 16.1. The molecule has 4 heteroatoms. The first-order valence-electron chi connectivity index (χ1n) is 5.89. The molecule has 0 aliphatic rings. The fraction of sp³-hybridized carbons (Fsp3) is 0.500. The molecule has 4 nitrogen and oxygen atoms in total. The number of rotatable bonds is 3. The lowest BCUT2D eigenvalue weighted by Gasteiger charge is -2.06. The minimum Gasteiger partial charge on any atom is -0.294 e. The van der Waals surface area contributed by atoms with Crippen LogP contribution in [0.5, 0.6) is 0 Å². The monoisotopic (exact) mass is 247 g/mol. The van der Waals surface area contributed by atoms with E-state index in [0.29, 0.717) is 5.56 Å². The summed E-state index contributed by atoms with van der Waals surface area (Å²) in [5.41, 5.74) is 1.50. The lowest BCUT2D eigenvalue weighted by molar-refractivity contribution is 0.0939. The van der Waals surface area contributed by atoms with Crippen molar-refractivity contribution in [3.8, 4) is 0 Å². The van der Waals surface area contributed by atoms with Crippen LogP contribution in [0.15, 0.2) is 18.3 Å². The van der Waals surface area contributed by atoms with Gasteiger partial charge in [-0.2, -0.15) is 0 Å². The van der Waals surface area contributed by atoms with Gasteiger partial charge in [-0.25, -0.2) is 0 Å². The molecule has 2 rings (SSSR count). The van der Waals surface area contributed by atoms with E-state index >= 15 is 0 Å². The number of fused-ring (bicyclic) bond motifs is 1. The van der Waals surface area contributed by atoms with Gasteiger partial charge in [0.25, 0.3) is 0 Å². The van der Waals surface area contributed by atoms with E-state index in [2.05, 4.69) is 24.0 Å². The normalized spacial score (nSPS) is 11.0. The number of nitrogens with zero attached hydrogens (tertiary/aromatic N) is 3. The van der Waals surface area contributed by atoms with Gasteiger partial charge in [0.1, 0.15) is 5.82 Å².